The molecular weight excluding hydrogens is 422 g/mol. The van der Waals surface area contributed by atoms with Crippen LogP contribution in [0, 0.1) is 0 Å². The third-order valence-electron chi connectivity index (χ3n) is 4.77. The molecule has 0 atom stereocenters. The molecule has 0 aliphatic heterocycles. The van der Waals surface area contributed by atoms with Crippen molar-refractivity contribution < 1.29 is 9.53 Å². The van der Waals surface area contributed by atoms with E-state index in [-0.39, 0.29) is 17.9 Å². The van der Waals surface area contributed by atoms with Gasteiger partial charge in [0.05, 0.1) is 23.2 Å². The number of thioether (sulfide) groups is 1. The van der Waals surface area contributed by atoms with Gasteiger partial charge in [-0.2, -0.15) is 0 Å². The Hall–Kier alpha value is -3.58. The van der Waals surface area contributed by atoms with Crippen molar-refractivity contribution in [3.8, 4) is 11.4 Å². The van der Waals surface area contributed by atoms with E-state index in [1.165, 1.54) is 11.8 Å². The van der Waals surface area contributed by atoms with Gasteiger partial charge in [-0.25, -0.2) is 4.98 Å². The average Bonchev–Trinajstić information content (AvgIpc) is 2.81. The third kappa shape index (κ3) is 5.00. The lowest BCUT2D eigenvalue weighted by Crippen LogP contribution is -2.22. The second kappa shape index (κ2) is 10.2. The van der Waals surface area contributed by atoms with Crippen LogP contribution in [0.4, 0.5) is 5.69 Å². The van der Waals surface area contributed by atoms with E-state index in [2.05, 4.69) is 5.32 Å². The lowest BCUT2D eigenvalue weighted by Gasteiger charge is -2.13. The number of nitrogens with one attached hydrogen (secondary N) is 1. The molecule has 0 unspecified atom stereocenters. The summed E-state index contributed by atoms with van der Waals surface area (Å²) in [6.45, 7) is 2.52. The maximum absolute atomic E-state index is 13.2. The van der Waals surface area contributed by atoms with Gasteiger partial charge in [-0.3, -0.25) is 14.2 Å². The predicted octanol–water partition coefficient (Wildman–Crippen LogP) is 4.91. The van der Waals surface area contributed by atoms with Crippen molar-refractivity contribution in [1.82, 2.24) is 9.55 Å². The molecule has 0 saturated heterocycles. The predicted molar refractivity (Wildman–Crippen MR) is 129 cm³/mol. The normalized spacial score (nSPS) is 10.8. The van der Waals surface area contributed by atoms with Crippen molar-refractivity contribution in [2.24, 2.45) is 0 Å². The smallest absolute Gasteiger partial charge is 0.266 e. The zero-order chi connectivity index (χ0) is 22.3. The molecule has 3 aromatic carbocycles. The summed E-state index contributed by atoms with van der Waals surface area (Å²) >= 11 is 1.39. The fraction of sp³-hybridized carbons (Fsp3) is 0.160. The van der Waals surface area contributed by atoms with Crippen molar-refractivity contribution in [3.63, 3.8) is 0 Å². The number of fused-ring (bicyclic) bond motifs is 1. The van der Waals surface area contributed by atoms with E-state index in [1.807, 2.05) is 79.7 Å². The molecule has 7 heteroatoms. The molecule has 6 nitrogen and oxygen atoms in total. The van der Waals surface area contributed by atoms with Gasteiger partial charge in [-0.15, -0.1) is 0 Å². The molecule has 0 bridgehead atoms. The first-order valence-electron chi connectivity index (χ1n) is 10.4. The Morgan fingerprint density at radius 2 is 1.72 bits per heavy atom. The average molecular weight is 446 g/mol. The summed E-state index contributed by atoms with van der Waals surface area (Å²) in [5.74, 6) is 1.15. The van der Waals surface area contributed by atoms with Crippen LogP contribution >= 0.6 is 11.8 Å². The second-order valence-electron chi connectivity index (χ2n) is 6.99. The molecule has 0 saturated carbocycles. The molecule has 162 valence electrons. The van der Waals surface area contributed by atoms with Gasteiger partial charge < -0.3 is 10.1 Å². The number of rotatable bonds is 8. The Bertz CT molecular complexity index is 1270. The minimum Gasteiger partial charge on any atom is -0.494 e. The summed E-state index contributed by atoms with van der Waals surface area (Å²) in [7, 11) is 0. The molecule has 0 aliphatic rings. The minimum atomic E-state index is -0.122. The molecule has 0 aliphatic carbocycles. The molecule has 4 rings (SSSR count). The number of benzene rings is 3. The molecule has 4 aromatic rings. The van der Waals surface area contributed by atoms with Crippen LogP contribution in [0.25, 0.3) is 16.6 Å². The van der Waals surface area contributed by atoms with E-state index < -0.39 is 0 Å². The second-order valence-corrected chi connectivity index (χ2v) is 8.05. The topological polar surface area (TPSA) is 73.2 Å². The first-order chi connectivity index (χ1) is 15.7. The standard InChI is InChI=1S/C25H23N3O3S/c1-2-31-20-14-12-18(13-15-20)26-23(29)16-17-32-25-27-22-11-7-6-10-21(22)24(30)28(25)19-8-4-3-5-9-19/h3-15H,2,16-17H2,1H3,(H,26,29). The van der Waals surface area contributed by atoms with Crippen LogP contribution in [-0.4, -0.2) is 27.8 Å². The zero-order valence-electron chi connectivity index (χ0n) is 17.7. The number of aromatic nitrogens is 2. The van der Waals surface area contributed by atoms with Crippen LogP contribution in [0.1, 0.15) is 13.3 Å². The lowest BCUT2D eigenvalue weighted by molar-refractivity contribution is -0.115. The highest BCUT2D eigenvalue weighted by atomic mass is 32.2. The minimum absolute atomic E-state index is 0.101. The van der Waals surface area contributed by atoms with Crippen LogP contribution in [0.15, 0.2) is 88.8 Å². The number of carbonyl (C=O) groups is 1. The van der Waals surface area contributed by atoms with Crippen molar-refractivity contribution in [3.05, 3.63) is 89.2 Å². The Labute approximate surface area is 190 Å². The molecule has 32 heavy (non-hydrogen) atoms. The molecule has 1 heterocycles. The van der Waals surface area contributed by atoms with Crippen LogP contribution < -0.4 is 15.6 Å². The van der Waals surface area contributed by atoms with Gasteiger partial charge in [0.1, 0.15) is 5.75 Å². The van der Waals surface area contributed by atoms with Crippen LogP contribution in [0.5, 0.6) is 5.75 Å². The maximum atomic E-state index is 13.2. The fourth-order valence-corrected chi connectivity index (χ4v) is 4.22. The van der Waals surface area contributed by atoms with Gasteiger partial charge in [0.15, 0.2) is 5.16 Å². The summed E-state index contributed by atoms with van der Waals surface area (Å²) < 4.78 is 7.03. The highest BCUT2D eigenvalue weighted by Crippen LogP contribution is 2.22. The van der Waals surface area contributed by atoms with E-state index in [0.29, 0.717) is 34.1 Å². The van der Waals surface area contributed by atoms with E-state index in [0.717, 1.165) is 11.4 Å². The Balaban J connectivity index is 1.49. The van der Waals surface area contributed by atoms with Crippen LogP contribution in [0.3, 0.4) is 0 Å². The van der Waals surface area contributed by atoms with Crippen LogP contribution in [0.2, 0.25) is 0 Å². The molecular formula is C25H23N3O3S. The van der Waals surface area contributed by atoms with Crippen molar-refractivity contribution in [1.29, 1.82) is 0 Å². The monoisotopic (exact) mass is 445 g/mol. The van der Waals surface area contributed by atoms with Gasteiger partial charge in [0, 0.05) is 17.9 Å². The maximum Gasteiger partial charge on any atom is 0.266 e. The van der Waals surface area contributed by atoms with Gasteiger partial charge in [-0.1, -0.05) is 42.1 Å². The zero-order valence-corrected chi connectivity index (χ0v) is 18.5. The highest BCUT2D eigenvalue weighted by molar-refractivity contribution is 7.99. The van der Waals surface area contributed by atoms with Gasteiger partial charge in [0.2, 0.25) is 5.91 Å². The van der Waals surface area contributed by atoms with Crippen molar-refractivity contribution in [2.45, 2.75) is 18.5 Å². The summed E-state index contributed by atoms with van der Waals surface area (Å²) in [5.41, 5.74) is 1.99. The molecule has 1 aromatic heterocycles. The van der Waals surface area contributed by atoms with E-state index in [9.17, 15) is 9.59 Å². The van der Waals surface area contributed by atoms with Crippen molar-refractivity contribution in [2.75, 3.05) is 17.7 Å². The number of carbonyl (C=O) groups excluding carboxylic acids is 1. The Morgan fingerprint density at radius 1 is 1.00 bits per heavy atom. The SMILES string of the molecule is CCOc1ccc(NC(=O)CCSc2nc3ccccc3c(=O)n2-c2ccccc2)cc1. The van der Waals surface area contributed by atoms with Gasteiger partial charge in [-0.05, 0) is 55.5 Å². The molecule has 0 spiro atoms. The molecule has 1 amide bonds. The third-order valence-corrected chi connectivity index (χ3v) is 5.71. The van der Waals surface area contributed by atoms with E-state index >= 15 is 0 Å². The number of ether oxygens (including phenoxy) is 1. The number of anilines is 1. The molecule has 1 N–H and O–H groups in total. The number of hydrogen-bond acceptors (Lipinski definition) is 5. The lowest BCUT2D eigenvalue weighted by atomic mass is 10.2. The van der Waals surface area contributed by atoms with Crippen LogP contribution in [-0.2, 0) is 4.79 Å². The van der Waals surface area contributed by atoms with Gasteiger partial charge in [0.25, 0.3) is 5.56 Å². The fourth-order valence-electron chi connectivity index (χ4n) is 3.27. The number of nitrogens with zero attached hydrogens (tertiary/aromatic N) is 2. The summed E-state index contributed by atoms with van der Waals surface area (Å²) in [5, 5.41) is 4.02. The molecule has 0 fully saturated rings. The number of hydrogen-bond donors (Lipinski definition) is 1. The summed E-state index contributed by atoms with van der Waals surface area (Å²) in [6.07, 6.45) is 0.287. The Morgan fingerprint density at radius 3 is 2.47 bits per heavy atom. The first kappa shape index (κ1) is 21.6. The van der Waals surface area contributed by atoms with E-state index in [4.69, 9.17) is 9.72 Å². The quantitative estimate of drug-likeness (QED) is 0.308. The first-order valence-corrected chi connectivity index (χ1v) is 11.4. The number of para-hydroxylation sites is 2. The summed E-state index contributed by atoms with van der Waals surface area (Å²) in [6, 6.07) is 24.0. The highest BCUT2D eigenvalue weighted by Gasteiger charge is 2.14. The number of amides is 1. The molecule has 0 radical (unpaired) electrons. The summed E-state index contributed by atoms with van der Waals surface area (Å²) in [4.78, 5) is 30.3. The Kier molecular flexibility index (Phi) is 6.87. The van der Waals surface area contributed by atoms with Gasteiger partial charge >= 0.3 is 0 Å². The largest absolute Gasteiger partial charge is 0.494 e. The van der Waals surface area contributed by atoms with Crippen molar-refractivity contribution >= 4 is 34.3 Å². The van der Waals surface area contributed by atoms with E-state index in [1.54, 1.807) is 10.6 Å².